The Morgan fingerprint density at radius 1 is 0.950 bits per heavy atom. The zero-order valence-corrected chi connectivity index (χ0v) is 11.0. The first kappa shape index (κ1) is 14.4. The Balaban J connectivity index is 2.43. The van der Waals surface area contributed by atoms with E-state index < -0.39 is 38.2 Å². The largest absolute Gasteiger partial charge is 0.376 e. The monoisotopic (exact) mass is 302 g/mol. The second kappa shape index (κ2) is 5.16. The molecule has 0 saturated heterocycles. The van der Waals surface area contributed by atoms with Crippen LogP contribution < -0.4 is 4.18 Å². The summed E-state index contributed by atoms with van der Waals surface area (Å²) >= 11 is 0. The van der Waals surface area contributed by atoms with E-state index in [0.717, 1.165) is 24.3 Å². The normalized spacial score (nSPS) is 11.4. The predicted molar refractivity (Wildman–Crippen MR) is 65.3 cm³/mol. The minimum absolute atomic E-state index is 0.244. The van der Waals surface area contributed by atoms with E-state index in [1.54, 1.807) is 0 Å². The molecule has 0 radical (unpaired) electrons. The Labute approximate surface area is 113 Å². The van der Waals surface area contributed by atoms with Crippen LogP contribution in [0.15, 0.2) is 41.3 Å². The van der Waals surface area contributed by atoms with Crippen molar-refractivity contribution in [3.05, 3.63) is 59.4 Å². The number of aryl methyl sites for hydroxylation is 1. The molecule has 0 amide bonds. The van der Waals surface area contributed by atoms with Gasteiger partial charge in [0, 0.05) is 6.07 Å². The first-order valence-corrected chi connectivity index (χ1v) is 6.86. The molecule has 0 N–H and O–H groups in total. The smallest absolute Gasteiger partial charge is 0.339 e. The summed E-state index contributed by atoms with van der Waals surface area (Å²) in [6.45, 7) is 1.44. The SMILES string of the molecule is Cc1ccc(F)cc1S(=O)(=O)Oc1ccc(F)cc1F. The first-order chi connectivity index (χ1) is 9.29. The second-order valence-electron chi connectivity index (χ2n) is 4.02. The maximum Gasteiger partial charge on any atom is 0.339 e. The van der Waals surface area contributed by atoms with Crippen molar-refractivity contribution in [1.29, 1.82) is 0 Å². The van der Waals surface area contributed by atoms with Gasteiger partial charge in [0.25, 0.3) is 0 Å². The summed E-state index contributed by atoms with van der Waals surface area (Å²) in [7, 11) is -4.40. The molecule has 2 rings (SSSR count). The van der Waals surface area contributed by atoms with Crippen molar-refractivity contribution in [2.24, 2.45) is 0 Å². The molecule has 0 unspecified atom stereocenters. The third-order valence-electron chi connectivity index (χ3n) is 2.51. The average Bonchev–Trinajstić information content (AvgIpc) is 2.35. The van der Waals surface area contributed by atoms with E-state index in [4.69, 9.17) is 0 Å². The van der Waals surface area contributed by atoms with E-state index in [1.807, 2.05) is 0 Å². The molecule has 106 valence electrons. The summed E-state index contributed by atoms with van der Waals surface area (Å²) in [5.74, 6) is -3.45. The fourth-order valence-corrected chi connectivity index (χ4v) is 2.73. The molecule has 0 fully saturated rings. The summed E-state index contributed by atoms with van der Waals surface area (Å²) in [5, 5.41) is 0. The minimum atomic E-state index is -4.40. The Kier molecular flexibility index (Phi) is 3.71. The van der Waals surface area contributed by atoms with Crippen molar-refractivity contribution in [3.63, 3.8) is 0 Å². The van der Waals surface area contributed by atoms with Gasteiger partial charge in [-0.25, -0.2) is 13.2 Å². The number of hydrogen-bond donors (Lipinski definition) is 0. The average molecular weight is 302 g/mol. The fraction of sp³-hybridized carbons (Fsp3) is 0.0769. The lowest BCUT2D eigenvalue weighted by Gasteiger charge is -2.10. The molecule has 20 heavy (non-hydrogen) atoms. The number of benzene rings is 2. The van der Waals surface area contributed by atoms with Gasteiger partial charge in [-0.3, -0.25) is 0 Å². The summed E-state index contributed by atoms with van der Waals surface area (Å²) in [6, 6.07) is 5.30. The Bertz CT molecular complexity index is 757. The zero-order chi connectivity index (χ0) is 14.9. The maximum absolute atomic E-state index is 13.4. The van der Waals surface area contributed by atoms with Crippen molar-refractivity contribution in [2.45, 2.75) is 11.8 Å². The van der Waals surface area contributed by atoms with Gasteiger partial charge in [0.05, 0.1) is 0 Å². The van der Waals surface area contributed by atoms with Crippen molar-refractivity contribution in [3.8, 4) is 5.75 Å². The van der Waals surface area contributed by atoms with E-state index in [1.165, 1.54) is 13.0 Å². The molecule has 0 bridgehead atoms. The standard InChI is InChI=1S/C13H9F3O3S/c1-8-2-3-10(15)7-13(8)20(17,18)19-12-5-4-9(14)6-11(12)16/h2-7H,1H3. The molecular formula is C13H9F3O3S. The van der Waals surface area contributed by atoms with Gasteiger partial charge in [0.1, 0.15) is 16.5 Å². The van der Waals surface area contributed by atoms with Crippen LogP contribution in [0, 0.1) is 24.4 Å². The maximum atomic E-state index is 13.4. The molecule has 7 heteroatoms. The van der Waals surface area contributed by atoms with Crippen LogP contribution >= 0.6 is 0 Å². The van der Waals surface area contributed by atoms with Crippen LogP contribution in [0.25, 0.3) is 0 Å². The third kappa shape index (κ3) is 2.93. The summed E-state index contributed by atoms with van der Waals surface area (Å²) in [4.78, 5) is -0.416. The molecule has 0 aromatic heterocycles. The van der Waals surface area contributed by atoms with Crippen molar-refractivity contribution >= 4 is 10.1 Å². The Morgan fingerprint density at radius 3 is 2.20 bits per heavy atom. The molecule has 0 spiro atoms. The van der Waals surface area contributed by atoms with Crippen molar-refractivity contribution in [1.82, 2.24) is 0 Å². The van der Waals surface area contributed by atoms with Crippen molar-refractivity contribution < 1.29 is 25.8 Å². The van der Waals surface area contributed by atoms with E-state index in [9.17, 15) is 21.6 Å². The first-order valence-electron chi connectivity index (χ1n) is 5.45. The van der Waals surface area contributed by atoms with Crippen LogP contribution in [0.1, 0.15) is 5.56 Å². The van der Waals surface area contributed by atoms with E-state index in [0.29, 0.717) is 6.07 Å². The van der Waals surface area contributed by atoms with Gasteiger partial charge in [-0.05, 0) is 36.8 Å². The van der Waals surface area contributed by atoms with Gasteiger partial charge in [-0.1, -0.05) is 6.07 Å². The molecule has 0 saturated carbocycles. The third-order valence-corrected chi connectivity index (χ3v) is 3.89. The number of hydrogen-bond acceptors (Lipinski definition) is 3. The molecule has 0 aliphatic rings. The van der Waals surface area contributed by atoms with Crippen LogP contribution in [0.3, 0.4) is 0 Å². The molecule has 2 aromatic carbocycles. The molecule has 2 aromatic rings. The van der Waals surface area contributed by atoms with Crippen molar-refractivity contribution in [2.75, 3.05) is 0 Å². The summed E-state index contributed by atoms with van der Waals surface area (Å²) in [6.07, 6.45) is 0. The van der Waals surface area contributed by atoms with Gasteiger partial charge in [0.2, 0.25) is 0 Å². The van der Waals surface area contributed by atoms with E-state index >= 15 is 0 Å². The van der Waals surface area contributed by atoms with Crippen LogP contribution in [-0.2, 0) is 10.1 Å². The Morgan fingerprint density at radius 2 is 1.55 bits per heavy atom. The topological polar surface area (TPSA) is 43.4 Å². The van der Waals surface area contributed by atoms with Crippen LogP contribution in [0.5, 0.6) is 5.75 Å². The lowest BCUT2D eigenvalue weighted by atomic mass is 10.2. The second-order valence-corrected chi connectivity index (χ2v) is 5.54. The fourth-order valence-electron chi connectivity index (χ4n) is 1.55. The van der Waals surface area contributed by atoms with Gasteiger partial charge in [0.15, 0.2) is 11.6 Å². The molecule has 3 nitrogen and oxygen atoms in total. The Hall–Kier alpha value is -2.02. The summed E-state index contributed by atoms with van der Waals surface area (Å²) in [5.41, 5.74) is 0.244. The number of rotatable bonds is 3. The lowest BCUT2D eigenvalue weighted by Crippen LogP contribution is -2.12. The highest BCUT2D eigenvalue weighted by Crippen LogP contribution is 2.24. The molecule has 0 aliphatic carbocycles. The lowest BCUT2D eigenvalue weighted by molar-refractivity contribution is 0.456. The molecule has 0 atom stereocenters. The number of halogens is 3. The highest BCUT2D eigenvalue weighted by atomic mass is 32.2. The van der Waals surface area contributed by atoms with Gasteiger partial charge in [-0.2, -0.15) is 8.42 Å². The molecular weight excluding hydrogens is 293 g/mol. The van der Waals surface area contributed by atoms with Gasteiger partial charge < -0.3 is 4.18 Å². The van der Waals surface area contributed by atoms with E-state index in [2.05, 4.69) is 4.18 Å². The molecule has 0 heterocycles. The zero-order valence-electron chi connectivity index (χ0n) is 10.2. The highest BCUT2D eigenvalue weighted by Gasteiger charge is 2.22. The predicted octanol–water partition coefficient (Wildman–Crippen LogP) is 3.18. The molecule has 0 aliphatic heterocycles. The van der Waals surface area contributed by atoms with Gasteiger partial charge >= 0.3 is 10.1 Å². The van der Waals surface area contributed by atoms with Crippen LogP contribution in [0.2, 0.25) is 0 Å². The van der Waals surface area contributed by atoms with E-state index in [-0.39, 0.29) is 5.56 Å². The highest BCUT2D eigenvalue weighted by molar-refractivity contribution is 7.87. The van der Waals surface area contributed by atoms with Gasteiger partial charge in [-0.15, -0.1) is 0 Å². The van der Waals surface area contributed by atoms with Crippen LogP contribution in [0.4, 0.5) is 13.2 Å². The summed E-state index contributed by atoms with van der Waals surface area (Å²) < 4.78 is 67.7. The minimum Gasteiger partial charge on any atom is -0.376 e. The van der Waals surface area contributed by atoms with Crippen LogP contribution in [-0.4, -0.2) is 8.42 Å². The quantitative estimate of drug-likeness (QED) is 0.818.